The van der Waals surface area contributed by atoms with Gasteiger partial charge in [-0.1, -0.05) is 26.3 Å². The van der Waals surface area contributed by atoms with Gasteiger partial charge in [0, 0.05) is 32.2 Å². The molecular formula is C26H48Cl2N2O4. The van der Waals surface area contributed by atoms with E-state index < -0.39 is 6.10 Å². The van der Waals surface area contributed by atoms with E-state index in [1.807, 2.05) is 6.07 Å². The van der Waals surface area contributed by atoms with Gasteiger partial charge in [0.05, 0.1) is 19.8 Å². The van der Waals surface area contributed by atoms with E-state index >= 15 is 0 Å². The molecule has 0 aliphatic carbocycles. The summed E-state index contributed by atoms with van der Waals surface area (Å²) in [7, 11) is 3.36. The molecule has 200 valence electrons. The van der Waals surface area contributed by atoms with Gasteiger partial charge in [0.25, 0.3) is 0 Å². The molecule has 1 aromatic carbocycles. The van der Waals surface area contributed by atoms with E-state index in [2.05, 4.69) is 37.8 Å². The Labute approximate surface area is 219 Å². The number of methoxy groups -OCH3 is 2. The number of piperidine rings is 1. The predicted molar refractivity (Wildman–Crippen MR) is 145 cm³/mol. The van der Waals surface area contributed by atoms with Crippen molar-refractivity contribution in [2.45, 2.75) is 77.5 Å². The third kappa shape index (κ3) is 10.5. The minimum absolute atomic E-state index is 0. The van der Waals surface area contributed by atoms with Gasteiger partial charge in [-0.25, -0.2) is 0 Å². The summed E-state index contributed by atoms with van der Waals surface area (Å²) in [6, 6.07) is 6.04. The first kappa shape index (κ1) is 33.2. The molecule has 1 aliphatic heterocycles. The van der Waals surface area contributed by atoms with Crippen LogP contribution in [0.2, 0.25) is 0 Å². The summed E-state index contributed by atoms with van der Waals surface area (Å²) < 4.78 is 16.5. The third-order valence-corrected chi connectivity index (χ3v) is 6.89. The zero-order chi connectivity index (χ0) is 23.5. The monoisotopic (exact) mass is 522 g/mol. The Morgan fingerprint density at radius 3 is 2.26 bits per heavy atom. The van der Waals surface area contributed by atoms with Gasteiger partial charge in [0.15, 0.2) is 11.5 Å². The molecule has 1 aliphatic rings. The summed E-state index contributed by atoms with van der Waals surface area (Å²) in [6.45, 7) is 10.00. The van der Waals surface area contributed by atoms with Crippen LogP contribution >= 0.6 is 24.8 Å². The molecular weight excluding hydrogens is 475 g/mol. The minimum atomic E-state index is -0.509. The number of likely N-dealkylation sites (tertiary alicyclic amines) is 1. The van der Waals surface area contributed by atoms with E-state index in [-0.39, 0.29) is 36.9 Å². The lowest BCUT2D eigenvalue weighted by Gasteiger charge is -2.38. The lowest BCUT2D eigenvalue weighted by Crippen LogP contribution is -2.52. The molecule has 0 spiro atoms. The highest BCUT2D eigenvalue weighted by Gasteiger charge is 2.30. The molecule has 1 fully saturated rings. The SMILES string of the molecule is COCCCOc1cc(C[C@@H](C[C@H](N)[C@H](O)C(C)N2CCCCC2)C(C)C)ccc1OC.Cl.Cl. The second kappa shape index (κ2) is 17.6. The van der Waals surface area contributed by atoms with Gasteiger partial charge < -0.3 is 25.1 Å². The Morgan fingerprint density at radius 1 is 1.00 bits per heavy atom. The van der Waals surface area contributed by atoms with Gasteiger partial charge in [-0.05, 0) is 75.2 Å². The second-order valence-corrected chi connectivity index (χ2v) is 9.62. The van der Waals surface area contributed by atoms with Crippen molar-refractivity contribution in [2.24, 2.45) is 17.6 Å². The highest BCUT2D eigenvalue weighted by molar-refractivity contribution is 5.85. The number of halogens is 2. The standard InChI is InChI=1S/C26H46N2O4.2ClH/c1-19(2)22(18-23(27)26(29)20(3)28-12-7-6-8-13-28)16-21-10-11-24(31-5)25(17-21)32-15-9-14-30-4;;/h10-11,17,19-20,22-23,26,29H,6-9,12-16,18,27H2,1-5H3;2*1H/t20?,22-,23-,26+;;/m0../s1. The topological polar surface area (TPSA) is 77.2 Å². The Bertz CT molecular complexity index is 660. The van der Waals surface area contributed by atoms with Gasteiger partial charge in [-0.15, -0.1) is 24.8 Å². The summed E-state index contributed by atoms with van der Waals surface area (Å²) in [4.78, 5) is 2.40. The van der Waals surface area contributed by atoms with Crippen LogP contribution in [0, 0.1) is 11.8 Å². The van der Waals surface area contributed by atoms with Gasteiger partial charge in [0.1, 0.15) is 0 Å². The van der Waals surface area contributed by atoms with Crippen LogP contribution in [0.15, 0.2) is 18.2 Å². The van der Waals surface area contributed by atoms with Crippen LogP contribution in [0.1, 0.15) is 58.4 Å². The number of rotatable bonds is 14. The zero-order valence-electron chi connectivity index (χ0n) is 21.7. The van der Waals surface area contributed by atoms with Crippen molar-refractivity contribution in [1.82, 2.24) is 4.90 Å². The fourth-order valence-electron chi connectivity index (χ4n) is 4.63. The number of nitrogens with two attached hydrogens (primary N) is 1. The molecule has 1 unspecified atom stereocenters. The van der Waals surface area contributed by atoms with Crippen LogP contribution in [0.5, 0.6) is 11.5 Å². The smallest absolute Gasteiger partial charge is 0.161 e. The van der Waals surface area contributed by atoms with Crippen molar-refractivity contribution >= 4 is 24.8 Å². The largest absolute Gasteiger partial charge is 0.493 e. The van der Waals surface area contributed by atoms with E-state index in [4.69, 9.17) is 19.9 Å². The van der Waals surface area contributed by atoms with Crippen LogP contribution < -0.4 is 15.2 Å². The molecule has 4 atom stereocenters. The number of benzene rings is 1. The number of hydrogen-bond donors (Lipinski definition) is 2. The quantitative estimate of drug-likeness (QED) is 0.344. The van der Waals surface area contributed by atoms with Crippen LogP contribution in [0.4, 0.5) is 0 Å². The highest BCUT2D eigenvalue weighted by atomic mass is 35.5. The number of nitrogens with zero attached hydrogens (tertiary/aromatic N) is 1. The molecule has 0 aromatic heterocycles. The van der Waals surface area contributed by atoms with Crippen LogP contribution in [-0.4, -0.2) is 68.7 Å². The van der Waals surface area contributed by atoms with Crippen molar-refractivity contribution < 1.29 is 19.3 Å². The van der Waals surface area contributed by atoms with Gasteiger partial charge in [-0.3, -0.25) is 4.90 Å². The third-order valence-electron chi connectivity index (χ3n) is 6.89. The number of hydrogen-bond acceptors (Lipinski definition) is 6. The van der Waals surface area contributed by atoms with Crippen molar-refractivity contribution in [1.29, 1.82) is 0 Å². The molecule has 2 rings (SSSR count). The summed E-state index contributed by atoms with van der Waals surface area (Å²) in [6.07, 6.45) is 5.75. The Kier molecular flexibility index (Phi) is 17.2. The molecule has 34 heavy (non-hydrogen) atoms. The molecule has 8 heteroatoms. The molecule has 3 N–H and O–H groups in total. The van der Waals surface area contributed by atoms with Crippen molar-refractivity contribution in [2.75, 3.05) is 40.5 Å². The fraction of sp³-hybridized carbons (Fsp3) is 0.769. The normalized spacial score (nSPS) is 17.8. The Balaban J connectivity index is 0.00000544. The van der Waals surface area contributed by atoms with Gasteiger partial charge in [-0.2, -0.15) is 0 Å². The maximum atomic E-state index is 11.0. The van der Waals surface area contributed by atoms with Crippen molar-refractivity contribution in [3.63, 3.8) is 0 Å². The van der Waals surface area contributed by atoms with Crippen molar-refractivity contribution in [3.05, 3.63) is 23.8 Å². The fourth-order valence-corrected chi connectivity index (χ4v) is 4.63. The van der Waals surface area contributed by atoms with E-state index in [0.717, 1.165) is 43.9 Å². The maximum absolute atomic E-state index is 11.0. The molecule has 0 saturated carbocycles. The summed E-state index contributed by atoms with van der Waals surface area (Å²) in [5.74, 6) is 2.36. The van der Waals surface area contributed by atoms with E-state index in [1.165, 1.54) is 24.8 Å². The van der Waals surface area contributed by atoms with Crippen LogP contribution in [0.25, 0.3) is 0 Å². The molecule has 1 heterocycles. The molecule has 1 aromatic rings. The van der Waals surface area contributed by atoms with Crippen LogP contribution in [0.3, 0.4) is 0 Å². The Hall–Kier alpha value is -0.760. The summed E-state index contributed by atoms with van der Waals surface area (Å²) >= 11 is 0. The van der Waals surface area contributed by atoms with E-state index in [1.54, 1.807) is 14.2 Å². The molecule has 0 radical (unpaired) electrons. The maximum Gasteiger partial charge on any atom is 0.161 e. The second-order valence-electron chi connectivity index (χ2n) is 9.62. The molecule has 6 nitrogen and oxygen atoms in total. The summed E-state index contributed by atoms with van der Waals surface area (Å²) in [5.41, 5.74) is 7.76. The lowest BCUT2D eigenvalue weighted by atomic mass is 9.82. The summed E-state index contributed by atoms with van der Waals surface area (Å²) in [5, 5.41) is 11.0. The lowest BCUT2D eigenvalue weighted by molar-refractivity contribution is 0.0252. The van der Waals surface area contributed by atoms with Crippen molar-refractivity contribution in [3.8, 4) is 11.5 Å². The van der Waals surface area contributed by atoms with Crippen LogP contribution in [-0.2, 0) is 11.2 Å². The molecule has 0 amide bonds. The highest BCUT2D eigenvalue weighted by Crippen LogP contribution is 2.31. The first-order chi connectivity index (χ1) is 15.4. The van der Waals surface area contributed by atoms with E-state index in [0.29, 0.717) is 25.0 Å². The molecule has 0 bridgehead atoms. The van der Waals surface area contributed by atoms with Gasteiger partial charge >= 0.3 is 0 Å². The predicted octanol–water partition coefficient (Wildman–Crippen LogP) is 4.72. The van der Waals surface area contributed by atoms with E-state index in [9.17, 15) is 5.11 Å². The number of aliphatic hydroxyl groups excluding tert-OH is 1. The first-order valence-corrected chi connectivity index (χ1v) is 12.3. The average Bonchev–Trinajstić information content (AvgIpc) is 2.81. The number of ether oxygens (including phenoxy) is 3. The first-order valence-electron chi connectivity index (χ1n) is 12.3. The zero-order valence-corrected chi connectivity index (χ0v) is 23.3. The number of aliphatic hydroxyl groups is 1. The Morgan fingerprint density at radius 2 is 1.68 bits per heavy atom. The molecule has 1 saturated heterocycles. The van der Waals surface area contributed by atoms with Gasteiger partial charge in [0.2, 0.25) is 0 Å². The minimum Gasteiger partial charge on any atom is -0.493 e. The average molecular weight is 524 g/mol.